The van der Waals surface area contributed by atoms with Crippen molar-refractivity contribution < 1.29 is 34.1 Å². The number of hydrogen-bond acceptors (Lipinski definition) is 6. The Morgan fingerprint density at radius 2 is 1.74 bits per heavy atom. The quantitative estimate of drug-likeness (QED) is 0.212. The van der Waals surface area contributed by atoms with Gasteiger partial charge in [-0.2, -0.15) is 0 Å². The van der Waals surface area contributed by atoms with E-state index in [1.54, 1.807) is 6.92 Å². The van der Waals surface area contributed by atoms with E-state index in [0.29, 0.717) is 0 Å². The molecule has 0 unspecified atom stereocenters. The largest absolute Gasteiger partial charge is 0.480 e. The molecule has 2 rings (SSSR count). The van der Waals surface area contributed by atoms with Crippen molar-refractivity contribution in [3.05, 3.63) is 48.0 Å². The Hall–Kier alpha value is -3.66. The number of fused-ring (bicyclic) bond motifs is 1. The second-order valence-corrected chi connectivity index (χ2v) is 8.50. The van der Waals surface area contributed by atoms with Crippen molar-refractivity contribution in [1.82, 2.24) is 16.0 Å². The molecule has 3 amide bonds. The molecule has 5 N–H and O–H groups in total. The molecule has 0 bridgehead atoms. The van der Waals surface area contributed by atoms with E-state index < -0.39 is 36.5 Å². The van der Waals surface area contributed by atoms with E-state index in [-0.39, 0.29) is 44.4 Å². The van der Waals surface area contributed by atoms with Gasteiger partial charge in [-0.25, -0.2) is 9.59 Å². The highest BCUT2D eigenvalue weighted by Crippen LogP contribution is 2.17. The number of amides is 3. The third kappa shape index (κ3) is 9.62. The van der Waals surface area contributed by atoms with Gasteiger partial charge in [-0.15, -0.1) is 0 Å². The Morgan fingerprint density at radius 1 is 1.03 bits per heavy atom. The molecule has 190 valence electrons. The minimum atomic E-state index is -1.15. The molecule has 0 spiro atoms. The Kier molecular flexibility index (Phi) is 11.0. The molecule has 0 saturated heterocycles. The predicted octanol–water partition coefficient (Wildman–Crippen LogP) is 1.45. The minimum Gasteiger partial charge on any atom is -0.480 e. The Balaban J connectivity index is 1.81. The molecule has 3 atom stereocenters. The van der Waals surface area contributed by atoms with E-state index in [2.05, 4.69) is 16.0 Å². The third-order valence-electron chi connectivity index (χ3n) is 5.43. The van der Waals surface area contributed by atoms with Crippen LogP contribution in [0.1, 0.15) is 25.8 Å². The highest BCUT2D eigenvalue weighted by Gasteiger charge is 2.24. The van der Waals surface area contributed by atoms with Crippen LogP contribution in [-0.4, -0.2) is 66.4 Å². The van der Waals surface area contributed by atoms with Crippen molar-refractivity contribution in [1.29, 1.82) is 0 Å². The maximum Gasteiger partial charge on any atom is 0.326 e. The Morgan fingerprint density at radius 3 is 2.40 bits per heavy atom. The lowest BCUT2D eigenvalue weighted by Gasteiger charge is -2.20. The van der Waals surface area contributed by atoms with E-state index in [1.807, 2.05) is 42.5 Å². The average molecular weight is 488 g/mol. The number of aliphatic carboxylic acids is 1. The van der Waals surface area contributed by atoms with Crippen LogP contribution in [0.25, 0.3) is 10.8 Å². The predicted molar refractivity (Wildman–Crippen MR) is 130 cm³/mol. The summed E-state index contributed by atoms with van der Waals surface area (Å²) in [6, 6.07) is 11.6. The first kappa shape index (κ1) is 27.6. The molecule has 2 aromatic carbocycles. The highest BCUT2D eigenvalue weighted by atomic mass is 16.5. The van der Waals surface area contributed by atoms with E-state index in [0.717, 1.165) is 16.3 Å². The van der Waals surface area contributed by atoms with Gasteiger partial charge < -0.3 is 30.9 Å². The lowest BCUT2D eigenvalue weighted by molar-refractivity contribution is -0.150. The molecule has 0 saturated carbocycles. The van der Waals surface area contributed by atoms with Crippen LogP contribution in [0.2, 0.25) is 0 Å². The van der Waals surface area contributed by atoms with E-state index in [4.69, 9.17) is 4.74 Å². The molecule has 0 aromatic heterocycles. The molecule has 0 fully saturated rings. The number of esters is 1. The monoisotopic (exact) mass is 487 g/mol. The van der Waals surface area contributed by atoms with Crippen LogP contribution in [0, 0.1) is 11.8 Å². The first-order valence-corrected chi connectivity index (χ1v) is 11.5. The second-order valence-electron chi connectivity index (χ2n) is 8.50. The first-order chi connectivity index (χ1) is 16.7. The highest BCUT2D eigenvalue weighted by molar-refractivity contribution is 5.85. The zero-order valence-electron chi connectivity index (χ0n) is 20.0. The summed E-state index contributed by atoms with van der Waals surface area (Å²) < 4.78 is 5.06. The summed E-state index contributed by atoms with van der Waals surface area (Å²) in [4.78, 5) is 47.0. The van der Waals surface area contributed by atoms with E-state index in [9.17, 15) is 29.4 Å². The van der Waals surface area contributed by atoms with Crippen LogP contribution >= 0.6 is 0 Å². The van der Waals surface area contributed by atoms with Crippen LogP contribution in [0.4, 0.5) is 4.79 Å². The van der Waals surface area contributed by atoms with Crippen molar-refractivity contribution >= 4 is 34.6 Å². The Bertz CT molecular complexity index is 1030. The van der Waals surface area contributed by atoms with E-state index in [1.165, 1.54) is 6.92 Å². The normalized spacial score (nSPS) is 13.3. The summed E-state index contributed by atoms with van der Waals surface area (Å²) in [6.07, 6.45) is 0.384. The molecule has 10 heteroatoms. The van der Waals surface area contributed by atoms with Crippen LogP contribution in [0.3, 0.4) is 0 Å². The maximum atomic E-state index is 12.3. The van der Waals surface area contributed by atoms with E-state index >= 15 is 0 Å². The maximum absolute atomic E-state index is 12.3. The Labute approximate surface area is 204 Å². The van der Waals surface area contributed by atoms with Gasteiger partial charge in [0.1, 0.15) is 12.6 Å². The number of carboxylic acid groups (broad SMARTS) is 1. The number of carbonyl (C=O) groups excluding carboxylic acids is 3. The number of hydrogen-bond donors (Lipinski definition) is 5. The van der Waals surface area contributed by atoms with Gasteiger partial charge in [0, 0.05) is 19.9 Å². The van der Waals surface area contributed by atoms with Crippen LogP contribution < -0.4 is 16.0 Å². The molecule has 10 nitrogen and oxygen atoms in total. The second kappa shape index (κ2) is 13.9. The van der Waals surface area contributed by atoms with Gasteiger partial charge in [-0.3, -0.25) is 9.59 Å². The zero-order chi connectivity index (χ0) is 25.8. The molecule has 0 radical (unpaired) electrons. The fourth-order valence-corrected chi connectivity index (χ4v) is 3.59. The molecule has 0 heterocycles. The van der Waals surface area contributed by atoms with Crippen LogP contribution in [0.5, 0.6) is 0 Å². The van der Waals surface area contributed by atoms with Crippen molar-refractivity contribution in [2.24, 2.45) is 11.8 Å². The standard InChI is InChI=1S/C25H33N3O7/c1-16(11-21(15-29)24(33)35-10-9-26-17(2)30)14-27-25(34)28-22(23(31)32)13-18-7-8-19-5-3-4-6-20(19)12-18/h3-8,12,16,21-22,29H,9-11,13-15H2,1-2H3,(H,26,30)(H,31,32)(H2,27,28,34)/t16-,21-,22-/m0/s1. The number of ether oxygens (including phenoxy) is 1. The molecular formula is C25H33N3O7. The average Bonchev–Trinajstić information content (AvgIpc) is 2.83. The first-order valence-electron chi connectivity index (χ1n) is 11.5. The number of benzene rings is 2. The van der Waals surface area contributed by atoms with Crippen molar-refractivity contribution in [2.75, 3.05) is 26.3 Å². The summed E-state index contributed by atoms with van der Waals surface area (Å²) in [5, 5.41) is 28.7. The fourth-order valence-electron chi connectivity index (χ4n) is 3.59. The number of aliphatic hydroxyl groups is 1. The summed E-state index contributed by atoms with van der Waals surface area (Å²) in [7, 11) is 0. The van der Waals surface area contributed by atoms with Gasteiger partial charge in [0.15, 0.2) is 0 Å². The molecule has 35 heavy (non-hydrogen) atoms. The lowest BCUT2D eigenvalue weighted by atomic mass is 9.96. The summed E-state index contributed by atoms with van der Waals surface area (Å²) >= 11 is 0. The number of carboxylic acids is 1. The summed E-state index contributed by atoms with van der Waals surface area (Å²) in [5.41, 5.74) is 0.785. The van der Waals surface area contributed by atoms with Gasteiger partial charge in [0.25, 0.3) is 0 Å². The SMILES string of the molecule is CC(=O)NCCOC(=O)[C@H](CO)C[C@H](C)CNC(=O)N[C@@H](Cc1ccc2ccccc2c1)C(=O)O. The number of nitrogens with one attached hydrogen (secondary N) is 3. The fraction of sp³-hybridized carbons (Fsp3) is 0.440. The zero-order valence-corrected chi connectivity index (χ0v) is 20.0. The van der Waals surface area contributed by atoms with Crippen LogP contribution in [-0.2, 0) is 25.5 Å². The number of rotatable bonds is 13. The number of aliphatic hydroxyl groups excluding tert-OH is 1. The smallest absolute Gasteiger partial charge is 0.326 e. The molecule has 0 aliphatic rings. The van der Waals surface area contributed by atoms with Gasteiger partial charge in [0.2, 0.25) is 5.91 Å². The molecule has 0 aliphatic carbocycles. The number of urea groups is 1. The van der Waals surface area contributed by atoms with Crippen molar-refractivity contribution in [3.63, 3.8) is 0 Å². The summed E-state index contributed by atoms with van der Waals surface area (Å²) in [5.74, 6) is -2.93. The topological polar surface area (TPSA) is 154 Å². The van der Waals surface area contributed by atoms with Gasteiger partial charge in [-0.05, 0) is 28.7 Å². The third-order valence-corrected chi connectivity index (χ3v) is 5.43. The van der Waals surface area contributed by atoms with Gasteiger partial charge >= 0.3 is 18.0 Å². The molecule has 0 aliphatic heterocycles. The van der Waals surface area contributed by atoms with Gasteiger partial charge in [0.05, 0.1) is 19.1 Å². The van der Waals surface area contributed by atoms with Crippen LogP contribution in [0.15, 0.2) is 42.5 Å². The van der Waals surface area contributed by atoms with Crippen molar-refractivity contribution in [2.45, 2.75) is 32.7 Å². The number of carbonyl (C=O) groups is 4. The molecule has 2 aromatic rings. The van der Waals surface area contributed by atoms with Crippen molar-refractivity contribution in [3.8, 4) is 0 Å². The molecular weight excluding hydrogens is 454 g/mol. The minimum absolute atomic E-state index is 0.00225. The van der Waals surface area contributed by atoms with Gasteiger partial charge in [-0.1, -0.05) is 49.4 Å². The lowest BCUT2D eigenvalue weighted by Crippen LogP contribution is -2.48. The summed E-state index contributed by atoms with van der Waals surface area (Å²) in [6.45, 7) is 3.08.